The molecule has 0 N–H and O–H groups in total. The zero-order valence-corrected chi connectivity index (χ0v) is 24.1. The average Bonchev–Trinajstić information content (AvgIpc) is 2.98. The molecule has 0 bridgehead atoms. The lowest BCUT2D eigenvalue weighted by atomic mass is 10.1. The highest BCUT2D eigenvalue weighted by Gasteiger charge is 2.41. The van der Waals surface area contributed by atoms with E-state index >= 15 is 0 Å². The number of halogens is 2. The van der Waals surface area contributed by atoms with E-state index < -0.39 is 32.3 Å². The van der Waals surface area contributed by atoms with Crippen molar-refractivity contribution in [2.75, 3.05) is 14.2 Å². The highest BCUT2D eigenvalue weighted by Crippen LogP contribution is 2.42. The van der Waals surface area contributed by atoms with Crippen LogP contribution in [0.25, 0.3) is 0 Å². The van der Waals surface area contributed by atoms with E-state index in [1.807, 2.05) is 13.8 Å². The smallest absolute Gasteiger partial charge is 0.234 e. The first-order valence-electron chi connectivity index (χ1n) is 13.1. The minimum Gasteiger partial charge on any atom is -0.493 e. The van der Waals surface area contributed by atoms with Crippen molar-refractivity contribution in [1.29, 1.82) is 0 Å². The summed E-state index contributed by atoms with van der Waals surface area (Å²) in [6.07, 6.45) is 1.44. The monoisotopic (exact) mass is 582 g/mol. The van der Waals surface area contributed by atoms with Gasteiger partial charge in [0.1, 0.15) is 11.6 Å². The van der Waals surface area contributed by atoms with E-state index in [9.17, 15) is 17.2 Å². The molecule has 0 amide bonds. The van der Waals surface area contributed by atoms with Crippen LogP contribution in [0.1, 0.15) is 47.0 Å². The van der Waals surface area contributed by atoms with E-state index in [1.54, 1.807) is 36.4 Å². The lowest BCUT2D eigenvalue weighted by molar-refractivity contribution is 0.229. The van der Waals surface area contributed by atoms with Crippen molar-refractivity contribution in [2.45, 2.75) is 37.6 Å². The molecule has 4 aromatic rings. The number of aryl methyl sites for hydroxylation is 2. The Hall–Kier alpha value is -4.11. The van der Waals surface area contributed by atoms with Crippen LogP contribution >= 0.6 is 0 Å². The minimum absolute atomic E-state index is 0.0184. The maximum Gasteiger partial charge on any atom is 0.234 e. The van der Waals surface area contributed by atoms with Crippen molar-refractivity contribution in [3.8, 4) is 23.0 Å². The summed E-state index contributed by atoms with van der Waals surface area (Å²) in [5.74, 6) is -0.433. The normalized spacial score (nSPS) is 12.8. The Bertz CT molecular complexity index is 1490. The lowest BCUT2D eigenvalue weighted by Crippen LogP contribution is -2.29. The zero-order chi connectivity index (χ0) is 29.6. The molecular weight excluding hydrogens is 550 g/mol. The maximum atomic E-state index is 14.5. The molecule has 9 heteroatoms. The van der Waals surface area contributed by atoms with Crippen LogP contribution in [-0.4, -0.2) is 22.6 Å². The van der Waals surface area contributed by atoms with Gasteiger partial charge in [0.25, 0.3) is 0 Å². The number of hydrogen-bond acceptors (Lipinski definition) is 6. The Kier molecular flexibility index (Phi) is 9.50. The highest BCUT2D eigenvalue weighted by atomic mass is 32.2. The second kappa shape index (κ2) is 13.0. The molecule has 2 unspecified atom stereocenters. The molecule has 4 aromatic carbocycles. The van der Waals surface area contributed by atoms with Gasteiger partial charge in [-0.25, -0.2) is 17.2 Å². The molecule has 0 radical (unpaired) electrons. The number of methoxy groups -OCH3 is 2. The summed E-state index contributed by atoms with van der Waals surface area (Å²) >= 11 is 0. The fraction of sp³-hybridized carbons (Fsp3) is 0.250. The summed E-state index contributed by atoms with van der Waals surface area (Å²) in [6, 6.07) is 20.5. The third-order valence-electron chi connectivity index (χ3n) is 6.58. The second-order valence-electron chi connectivity index (χ2n) is 9.28. The number of benzene rings is 4. The molecule has 0 aliphatic carbocycles. The quantitative estimate of drug-likeness (QED) is 0.174. The summed E-state index contributed by atoms with van der Waals surface area (Å²) in [4.78, 5) is 0. The standard InChI is InChI=1S/C32H32F2O6S/c1-5-21-13-15-27(29(17-21)37-3)39-31(23-9-7-11-25(33)19-23)41(35,36)32(24-10-8-12-26(34)20-24)40-28-16-14-22(6-2)18-30(28)38-4/h7-20,31-32H,5-6H2,1-4H3. The molecule has 2 atom stereocenters. The molecule has 41 heavy (non-hydrogen) atoms. The Morgan fingerprint density at radius 1 is 0.610 bits per heavy atom. The number of hydrogen-bond donors (Lipinski definition) is 0. The Morgan fingerprint density at radius 3 is 1.37 bits per heavy atom. The second-order valence-corrected chi connectivity index (χ2v) is 11.3. The van der Waals surface area contributed by atoms with Gasteiger partial charge in [0.05, 0.1) is 14.2 Å². The van der Waals surface area contributed by atoms with E-state index in [0.29, 0.717) is 11.5 Å². The molecule has 0 aliphatic heterocycles. The van der Waals surface area contributed by atoms with E-state index in [0.717, 1.165) is 36.1 Å². The Morgan fingerprint density at radius 2 is 1.02 bits per heavy atom. The van der Waals surface area contributed by atoms with Crippen molar-refractivity contribution >= 4 is 9.84 Å². The maximum absolute atomic E-state index is 14.5. The van der Waals surface area contributed by atoms with Crippen LogP contribution in [0.5, 0.6) is 23.0 Å². The topological polar surface area (TPSA) is 71.1 Å². The largest absolute Gasteiger partial charge is 0.493 e. The zero-order valence-electron chi connectivity index (χ0n) is 23.3. The molecular formula is C32H32F2O6S. The molecule has 0 fully saturated rings. The van der Waals surface area contributed by atoms with Gasteiger partial charge in [0.15, 0.2) is 23.0 Å². The van der Waals surface area contributed by atoms with Gasteiger partial charge >= 0.3 is 0 Å². The summed E-state index contributed by atoms with van der Waals surface area (Å²) < 4.78 is 81.1. The average molecular weight is 583 g/mol. The molecule has 4 rings (SSSR count). The van der Waals surface area contributed by atoms with Crippen molar-refractivity contribution in [3.63, 3.8) is 0 Å². The Labute approximate surface area is 239 Å². The van der Waals surface area contributed by atoms with E-state index in [1.165, 1.54) is 50.6 Å². The predicted octanol–water partition coefficient (Wildman–Crippen LogP) is 7.38. The highest BCUT2D eigenvalue weighted by molar-refractivity contribution is 7.91. The van der Waals surface area contributed by atoms with E-state index in [2.05, 4.69) is 0 Å². The van der Waals surface area contributed by atoms with Crippen LogP contribution < -0.4 is 18.9 Å². The molecule has 0 saturated carbocycles. The van der Waals surface area contributed by atoms with Gasteiger partial charge in [-0.2, -0.15) is 0 Å². The molecule has 0 aromatic heterocycles. The van der Waals surface area contributed by atoms with Gasteiger partial charge in [-0.3, -0.25) is 0 Å². The number of sulfone groups is 1. The first-order valence-corrected chi connectivity index (χ1v) is 14.7. The van der Waals surface area contributed by atoms with Crippen molar-refractivity contribution < 1.29 is 36.1 Å². The summed E-state index contributed by atoms with van der Waals surface area (Å²) in [5.41, 5.74) is -1.58. The van der Waals surface area contributed by atoms with Crippen LogP contribution in [0.4, 0.5) is 8.78 Å². The van der Waals surface area contributed by atoms with E-state index in [4.69, 9.17) is 18.9 Å². The lowest BCUT2D eigenvalue weighted by Gasteiger charge is -2.27. The van der Waals surface area contributed by atoms with Crippen molar-refractivity contribution in [3.05, 3.63) is 119 Å². The summed E-state index contributed by atoms with van der Waals surface area (Å²) in [5, 5.41) is 0. The van der Waals surface area contributed by atoms with Gasteiger partial charge < -0.3 is 18.9 Å². The summed E-state index contributed by atoms with van der Waals surface area (Å²) in [7, 11) is -1.68. The molecule has 216 valence electrons. The minimum atomic E-state index is -4.57. The van der Waals surface area contributed by atoms with Gasteiger partial charge in [-0.1, -0.05) is 50.2 Å². The third-order valence-corrected chi connectivity index (χ3v) is 8.51. The van der Waals surface area contributed by atoms with Crippen molar-refractivity contribution in [2.24, 2.45) is 0 Å². The van der Waals surface area contributed by atoms with Crippen LogP contribution in [0.3, 0.4) is 0 Å². The Balaban J connectivity index is 1.89. The fourth-order valence-corrected chi connectivity index (χ4v) is 6.11. The van der Waals surface area contributed by atoms with Crippen LogP contribution in [0, 0.1) is 11.6 Å². The SMILES string of the molecule is CCc1ccc(OC(c2cccc(F)c2)S(=O)(=O)C(Oc2ccc(CC)cc2OC)c2cccc(F)c2)c(OC)c1. The molecule has 0 heterocycles. The summed E-state index contributed by atoms with van der Waals surface area (Å²) in [6.45, 7) is 3.94. The number of rotatable bonds is 12. The van der Waals surface area contributed by atoms with Crippen LogP contribution in [-0.2, 0) is 22.7 Å². The van der Waals surface area contributed by atoms with Gasteiger partial charge in [0, 0.05) is 11.1 Å². The van der Waals surface area contributed by atoms with Crippen LogP contribution in [0.15, 0.2) is 84.9 Å². The van der Waals surface area contributed by atoms with Crippen molar-refractivity contribution in [1.82, 2.24) is 0 Å². The third kappa shape index (κ3) is 6.79. The predicted molar refractivity (Wildman–Crippen MR) is 153 cm³/mol. The molecule has 6 nitrogen and oxygen atoms in total. The first-order chi connectivity index (χ1) is 19.7. The van der Waals surface area contributed by atoms with Gasteiger partial charge in [0.2, 0.25) is 20.7 Å². The molecule has 0 saturated heterocycles. The number of ether oxygens (including phenoxy) is 4. The fourth-order valence-electron chi connectivity index (χ4n) is 4.36. The van der Waals surface area contributed by atoms with Gasteiger partial charge in [-0.15, -0.1) is 0 Å². The molecule has 0 aliphatic rings. The van der Waals surface area contributed by atoms with E-state index in [-0.39, 0.29) is 22.6 Å². The van der Waals surface area contributed by atoms with Gasteiger partial charge in [-0.05, 0) is 72.5 Å². The van der Waals surface area contributed by atoms with Crippen LogP contribution in [0.2, 0.25) is 0 Å². The molecule has 0 spiro atoms. The first kappa shape index (κ1) is 29.9.